The summed E-state index contributed by atoms with van der Waals surface area (Å²) >= 11 is 0. The molecule has 3 aromatic rings. The van der Waals surface area contributed by atoms with Crippen molar-refractivity contribution in [2.75, 3.05) is 44.7 Å². The van der Waals surface area contributed by atoms with Crippen LogP contribution in [0.2, 0.25) is 0 Å². The van der Waals surface area contributed by atoms with Crippen LogP contribution in [0.1, 0.15) is 25.1 Å². The maximum Gasteiger partial charge on any atom is 0.137 e. The van der Waals surface area contributed by atoms with Crippen LogP contribution in [0.5, 0.6) is 5.75 Å². The van der Waals surface area contributed by atoms with Gasteiger partial charge in [0.2, 0.25) is 0 Å². The number of anilines is 1. The summed E-state index contributed by atoms with van der Waals surface area (Å²) in [5.74, 6) is 1.98. The van der Waals surface area contributed by atoms with Gasteiger partial charge in [0.05, 0.1) is 12.8 Å². The number of piperazine rings is 1. The molecule has 1 fully saturated rings. The van der Waals surface area contributed by atoms with Gasteiger partial charge in [0.25, 0.3) is 0 Å². The lowest BCUT2D eigenvalue weighted by Gasteiger charge is -2.35. The molecule has 1 aromatic heterocycles. The van der Waals surface area contributed by atoms with Gasteiger partial charge in [0, 0.05) is 31.6 Å². The largest absolute Gasteiger partial charge is 0.497 e. The van der Waals surface area contributed by atoms with Gasteiger partial charge < -0.3 is 14.5 Å². The molecular weight excluding hydrogens is 358 g/mol. The Hall–Kier alpha value is -2.85. The van der Waals surface area contributed by atoms with Crippen LogP contribution in [-0.4, -0.2) is 49.7 Å². The quantitative estimate of drug-likeness (QED) is 0.620. The maximum atomic E-state index is 5.26. The summed E-state index contributed by atoms with van der Waals surface area (Å²) in [4.78, 5) is 10.1. The van der Waals surface area contributed by atoms with Gasteiger partial charge >= 0.3 is 0 Å². The van der Waals surface area contributed by atoms with Gasteiger partial charge in [-0.05, 0) is 54.3 Å². The van der Waals surface area contributed by atoms with Crippen molar-refractivity contribution in [3.05, 3.63) is 65.9 Å². The highest BCUT2D eigenvalue weighted by atomic mass is 16.5. The summed E-state index contributed by atoms with van der Waals surface area (Å²) in [5, 5.41) is 2.48. The van der Waals surface area contributed by atoms with Crippen molar-refractivity contribution >= 4 is 28.2 Å². The van der Waals surface area contributed by atoms with E-state index in [0.29, 0.717) is 0 Å². The number of allylic oxidation sites excluding steroid dienone is 1. The van der Waals surface area contributed by atoms with Crippen LogP contribution in [0, 0.1) is 0 Å². The molecule has 0 saturated carbocycles. The minimum atomic E-state index is 0.872. The number of aromatic nitrogens is 1. The predicted molar refractivity (Wildman–Crippen MR) is 123 cm³/mol. The van der Waals surface area contributed by atoms with Crippen LogP contribution in [0.4, 0.5) is 5.82 Å². The van der Waals surface area contributed by atoms with E-state index >= 15 is 0 Å². The van der Waals surface area contributed by atoms with E-state index in [2.05, 4.69) is 72.2 Å². The van der Waals surface area contributed by atoms with Gasteiger partial charge in [0.15, 0.2) is 0 Å². The summed E-state index contributed by atoms with van der Waals surface area (Å²) < 4.78 is 5.26. The molecule has 1 saturated heterocycles. The Morgan fingerprint density at radius 3 is 2.45 bits per heavy atom. The molecule has 4 rings (SSSR count). The van der Waals surface area contributed by atoms with Gasteiger partial charge in [-0.1, -0.05) is 43.3 Å². The topological polar surface area (TPSA) is 28.6 Å². The van der Waals surface area contributed by atoms with E-state index in [1.165, 1.54) is 10.8 Å². The lowest BCUT2D eigenvalue weighted by molar-refractivity contribution is 0.271. The van der Waals surface area contributed by atoms with E-state index in [-0.39, 0.29) is 0 Å². The summed E-state index contributed by atoms with van der Waals surface area (Å²) in [6.45, 7) is 9.73. The normalized spacial score (nSPS) is 15.7. The van der Waals surface area contributed by atoms with Crippen molar-refractivity contribution in [2.45, 2.75) is 13.8 Å². The molecule has 2 aromatic carbocycles. The third-order valence-corrected chi connectivity index (χ3v) is 5.74. The maximum absolute atomic E-state index is 5.26. The van der Waals surface area contributed by atoms with Crippen molar-refractivity contribution in [3.8, 4) is 5.75 Å². The Labute approximate surface area is 173 Å². The van der Waals surface area contributed by atoms with Crippen molar-refractivity contribution in [2.24, 2.45) is 0 Å². The molecule has 4 nitrogen and oxygen atoms in total. The summed E-state index contributed by atoms with van der Waals surface area (Å²) in [6.07, 6.45) is 2.19. The Balaban J connectivity index is 1.70. The number of pyridine rings is 1. The SMILES string of the molecule is CCN1CCN(c2nc(/C(C)=C/c3ccc(OC)cc3)cc3ccccc23)CC1. The van der Waals surface area contributed by atoms with Crippen LogP contribution in [0.3, 0.4) is 0 Å². The molecule has 0 atom stereocenters. The third kappa shape index (κ3) is 4.28. The molecule has 0 spiro atoms. The van der Waals surface area contributed by atoms with Crippen molar-refractivity contribution < 1.29 is 4.74 Å². The summed E-state index contributed by atoms with van der Waals surface area (Å²) in [7, 11) is 1.69. The Morgan fingerprint density at radius 2 is 1.76 bits per heavy atom. The first-order valence-electron chi connectivity index (χ1n) is 10.4. The molecule has 1 aliphatic rings. The van der Waals surface area contributed by atoms with Crippen LogP contribution in [0.25, 0.3) is 22.4 Å². The molecule has 150 valence electrons. The van der Waals surface area contributed by atoms with Gasteiger partial charge in [-0.2, -0.15) is 0 Å². The minimum Gasteiger partial charge on any atom is -0.497 e. The molecule has 0 unspecified atom stereocenters. The number of nitrogens with zero attached hydrogens (tertiary/aromatic N) is 3. The van der Waals surface area contributed by atoms with Crippen LogP contribution in [-0.2, 0) is 0 Å². The van der Waals surface area contributed by atoms with Crippen molar-refractivity contribution in [1.29, 1.82) is 0 Å². The average molecular weight is 388 g/mol. The molecule has 0 aliphatic carbocycles. The Morgan fingerprint density at radius 1 is 1.03 bits per heavy atom. The second kappa shape index (κ2) is 8.66. The number of hydrogen-bond donors (Lipinski definition) is 0. The number of fused-ring (bicyclic) bond motifs is 1. The lowest BCUT2D eigenvalue weighted by atomic mass is 10.0. The van der Waals surface area contributed by atoms with Crippen molar-refractivity contribution in [3.63, 3.8) is 0 Å². The fourth-order valence-electron chi connectivity index (χ4n) is 3.92. The van der Waals surface area contributed by atoms with Gasteiger partial charge in [-0.15, -0.1) is 0 Å². The molecule has 4 heteroatoms. The van der Waals surface area contributed by atoms with E-state index in [9.17, 15) is 0 Å². The highest BCUT2D eigenvalue weighted by Gasteiger charge is 2.19. The minimum absolute atomic E-state index is 0.872. The second-order valence-electron chi connectivity index (χ2n) is 7.57. The average Bonchev–Trinajstić information content (AvgIpc) is 2.79. The van der Waals surface area contributed by atoms with Gasteiger partial charge in [0.1, 0.15) is 11.6 Å². The summed E-state index contributed by atoms with van der Waals surface area (Å²) in [5.41, 5.74) is 3.35. The molecule has 29 heavy (non-hydrogen) atoms. The molecule has 0 radical (unpaired) electrons. The zero-order valence-corrected chi connectivity index (χ0v) is 17.6. The fourth-order valence-corrected chi connectivity index (χ4v) is 3.92. The fraction of sp³-hybridized carbons (Fsp3) is 0.320. The first-order chi connectivity index (χ1) is 14.2. The number of methoxy groups -OCH3 is 1. The molecular formula is C25H29N3O. The van der Waals surface area contributed by atoms with E-state index in [4.69, 9.17) is 9.72 Å². The smallest absolute Gasteiger partial charge is 0.137 e. The van der Waals surface area contributed by atoms with E-state index in [1.807, 2.05) is 12.1 Å². The Kier molecular flexibility index (Phi) is 5.81. The van der Waals surface area contributed by atoms with E-state index < -0.39 is 0 Å². The first-order valence-corrected chi connectivity index (χ1v) is 10.4. The Bertz CT molecular complexity index is 1000. The molecule has 0 N–H and O–H groups in total. The number of benzene rings is 2. The van der Waals surface area contributed by atoms with Crippen LogP contribution < -0.4 is 9.64 Å². The number of likely N-dealkylation sites (N-methyl/N-ethyl adjacent to an activating group) is 1. The predicted octanol–water partition coefficient (Wildman–Crippen LogP) is 4.95. The standard InChI is InChI=1S/C25H29N3O/c1-4-27-13-15-28(16-14-27)25-23-8-6-5-7-21(23)18-24(26-25)19(2)17-20-9-11-22(29-3)12-10-20/h5-12,17-18H,4,13-16H2,1-3H3/b19-17+. The first kappa shape index (κ1) is 19.5. The monoisotopic (exact) mass is 387 g/mol. The van der Waals surface area contributed by atoms with Gasteiger partial charge in [-0.25, -0.2) is 4.98 Å². The third-order valence-electron chi connectivity index (χ3n) is 5.74. The highest BCUT2D eigenvalue weighted by molar-refractivity contribution is 5.95. The van der Waals surface area contributed by atoms with E-state index in [0.717, 1.165) is 61.1 Å². The second-order valence-corrected chi connectivity index (χ2v) is 7.57. The van der Waals surface area contributed by atoms with Gasteiger partial charge in [-0.3, -0.25) is 0 Å². The number of rotatable bonds is 5. The zero-order valence-electron chi connectivity index (χ0n) is 17.6. The molecule has 2 heterocycles. The van der Waals surface area contributed by atoms with Crippen LogP contribution in [0.15, 0.2) is 54.6 Å². The molecule has 1 aliphatic heterocycles. The van der Waals surface area contributed by atoms with Crippen molar-refractivity contribution in [1.82, 2.24) is 9.88 Å². The van der Waals surface area contributed by atoms with Crippen LogP contribution >= 0.6 is 0 Å². The highest BCUT2D eigenvalue weighted by Crippen LogP contribution is 2.29. The number of hydrogen-bond acceptors (Lipinski definition) is 4. The number of ether oxygens (including phenoxy) is 1. The zero-order chi connectivity index (χ0) is 20.2. The lowest BCUT2D eigenvalue weighted by Crippen LogP contribution is -2.46. The van der Waals surface area contributed by atoms with E-state index in [1.54, 1.807) is 7.11 Å². The molecule has 0 amide bonds. The summed E-state index contributed by atoms with van der Waals surface area (Å²) in [6, 6.07) is 18.9. The molecule has 0 bridgehead atoms.